The number of nitrogens with zero attached hydrogens (tertiary/aromatic N) is 4. The van der Waals surface area contributed by atoms with Crippen molar-refractivity contribution in [3.8, 4) is 0 Å². The molecule has 1 N–H and O–H groups in total. The van der Waals surface area contributed by atoms with Crippen molar-refractivity contribution < 1.29 is 40.7 Å². The topological polar surface area (TPSA) is 147 Å². The Hall–Kier alpha value is -3.31. The summed E-state index contributed by atoms with van der Waals surface area (Å²) in [6, 6.07) is 12.1. The lowest BCUT2D eigenvalue weighted by Gasteiger charge is -2.41. The van der Waals surface area contributed by atoms with E-state index in [1.807, 2.05) is 6.07 Å². The van der Waals surface area contributed by atoms with E-state index in [1.54, 1.807) is 30.5 Å². The van der Waals surface area contributed by atoms with Crippen LogP contribution in [0.3, 0.4) is 0 Å². The maximum absolute atomic E-state index is 14.4. The van der Waals surface area contributed by atoms with Crippen molar-refractivity contribution in [3.63, 3.8) is 0 Å². The van der Waals surface area contributed by atoms with Gasteiger partial charge in [0.15, 0.2) is 0 Å². The number of hydrogen-bond donors (Lipinski definition) is 1. The summed E-state index contributed by atoms with van der Waals surface area (Å²) in [7, 11) is -9.61. The fourth-order valence-corrected chi connectivity index (χ4v) is 12.2. The van der Waals surface area contributed by atoms with Gasteiger partial charge in [0.2, 0.25) is 10.0 Å². The Morgan fingerprint density at radius 1 is 0.979 bits per heavy atom. The summed E-state index contributed by atoms with van der Waals surface area (Å²) in [4.78, 5) is 26.1. The van der Waals surface area contributed by atoms with Gasteiger partial charge in [0.1, 0.15) is 18.5 Å². The maximum Gasteiger partial charge on any atom is 0.410 e. The van der Waals surface area contributed by atoms with E-state index in [4.69, 9.17) is 4.74 Å². The number of aromatic nitrogens is 1. The van der Waals surface area contributed by atoms with Gasteiger partial charge >= 0.3 is 12.1 Å². The van der Waals surface area contributed by atoms with Crippen LogP contribution >= 0.6 is 0 Å². The Kier molecular flexibility index (Phi) is 10.2. The number of halogens is 1. The molecule has 0 radical (unpaired) electrons. The molecule has 2 saturated heterocycles. The largest absolute Gasteiger partial charge is 0.480 e. The first kappa shape index (κ1) is 35.0. The summed E-state index contributed by atoms with van der Waals surface area (Å²) in [6.45, 7) is 5.78. The second-order valence-corrected chi connectivity index (χ2v) is 22.8. The lowest BCUT2D eigenvalue weighted by molar-refractivity contribution is -0.143. The average molecular weight is 709 g/mol. The van der Waals surface area contributed by atoms with Gasteiger partial charge < -0.3 is 14.7 Å². The highest BCUT2D eigenvalue weighted by atomic mass is 32.2. The highest BCUT2D eigenvalue weighted by Crippen LogP contribution is 2.37. The number of ether oxygens (including phenoxy) is 1. The molecule has 1 unspecified atom stereocenters. The first-order valence-electron chi connectivity index (χ1n) is 15.6. The standard InChI is InChI=1S/C31H41FN4O8S2Si/c1-47(2,3)18-17-45(40,41)36-20-27(26-19-25(32)9-10-28(26)36)24-11-13-34(14-12-24)46(42,43)35-16-15-33(21-29(35)30(37)38)31(39)44-22-23-7-5-4-6-8-23/h4-10,19-20,24,29H,11-18,21-22H2,1-3H3,(H,37,38). The fourth-order valence-electron chi connectivity index (χ4n) is 6.05. The minimum atomic E-state index is -4.23. The smallest absolute Gasteiger partial charge is 0.410 e. The van der Waals surface area contributed by atoms with Crippen molar-refractivity contribution in [2.75, 3.05) is 38.5 Å². The molecule has 2 aromatic carbocycles. The SMILES string of the molecule is C[Si](C)(C)CCS(=O)(=O)n1cc(C2CCN(S(=O)(=O)N3CCN(C(=O)OCc4ccccc4)CC3C(=O)O)CC2)c2cc(F)ccc21. The van der Waals surface area contributed by atoms with Crippen molar-refractivity contribution >= 4 is 51.3 Å². The van der Waals surface area contributed by atoms with E-state index in [9.17, 15) is 35.9 Å². The minimum Gasteiger partial charge on any atom is -0.480 e. The van der Waals surface area contributed by atoms with Gasteiger partial charge in [-0.15, -0.1) is 0 Å². The number of hydrogen-bond acceptors (Lipinski definition) is 7. The number of rotatable bonds is 10. The molecule has 12 nitrogen and oxygen atoms in total. The molecule has 1 aromatic heterocycles. The minimum absolute atomic E-state index is 0.000574. The molecule has 256 valence electrons. The van der Waals surface area contributed by atoms with Crippen LogP contribution in [0.5, 0.6) is 0 Å². The van der Waals surface area contributed by atoms with Gasteiger partial charge in [-0.05, 0) is 54.1 Å². The summed E-state index contributed by atoms with van der Waals surface area (Å²) in [6.07, 6.45) is 1.48. The molecule has 2 aliphatic rings. The first-order chi connectivity index (χ1) is 22.1. The number of piperidine rings is 1. The van der Waals surface area contributed by atoms with Gasteiger partial charge in [-0.1, -0.05) is 50.0 Å². The number of piperazine rings is 1. The van der Waals surface area contributed by atoms with Crippen LogP contribution in [0.25, 0.3) is 10.9 Å². The quantitative estimate of drug-likeness (QED) is 0.310. The van der Waals surface area contributed by atoms with Crippen molar-refractivity contribution in [2.24, 2.45) is 0 Å². The molecular weight excluding hydrogens is 668 g/mol. The molecule has 0 saturated carbocycles. The number of benzene rings is 2. The van der Waals surface area contributed by atoms with Crippen LogP contribution in [0.15, 0.2) is 54.7 Å². The number of carboxylic acid groups (broad SMARTS) is 1. The molecule has 0 bridgehead atoms. The van der Waals surface area contributed by atoms with Gasteiger partial charge in [0.05, 0.1) is 17.8 Å². The van der Waals surface area contributed by atoms with Crippen molar-refractivity contribution in [2.45, 2.75) is 57.1 Å². The summed E-state index contributed by atoms with van der Waals surface area (Å²) in [5, 5.41) is 10.4. The summed E-state index contributed by atoms with van der Waals surface area (Å²) >= 11 is 0. The molecule has 3 aromatic rings. The molecule has 1 atom stereocenters. The van der Waals surface area contributed by atoms with E-state index in [0.717, 1.165) is 9.87 Å². The van der Waals surface area contributed by atoms with Crippen LogP contribution in [0.2, 0.25) is 25.7 Å². The number of carboxylic acids is 1. The number of carbonyl (C=O) groups is 2. The predicted molar refractivity (Wildman–Crippen MR) is 178 cm³/mol. The third kappa shape index (κ3) is 7.88. The molecule has 47 heavy (non-hydrogen) atoms. The molecule has 2 aliphatic heterocycles. The zero-order valence-corrected chi connectivity index (χ0v) is 29.3. The highest BCUT2D eigenvalue weighted by molar-refractivity contribution is 7.90. The zero-order chi connectivity index (χ0) is 34.1. The summed E-state index contributed by atoms with van der Waals surface area (Å²) < 4.78 is 77.4. The number of amides is 1. The lowest BCUT2D eigenvalue weighted by Crippen LogP contribution is -2.62. The molecule has 1 amide bonds. The fraction of sp³-hybridized carbons (Fsp3) is 0.484. The van der Waals surface area contributed by atoms with E-state index in [-0.39, 0.29) is 51.0 Å². The molecule has 0 spiro atoms. The van der Waals surface area contributed by atoms with Gasteiger partial charge in [-0.3, -0.25) is 4.79 Å². The Balaban J connectivity index is 1.28. The van der Waals surface area contributed by atoms with E-state index in [0.29, 0.717) is 35.4 Å². The molecular formula is C31H41FN4O8S2Si. The normalized spacial score (nSPS) is 19.2. The van der Waals surface area contributed by atoms with Crippen LogP contribution in [-0.4, -0.2) is 104 Å². The first-order valence-corrected chi connectivity index (χ1v) is 22.3. The Bertz CT molecular complexity index is 1840. The van der Waals surface area contributed by atoms with Crippen LogP contribution in [-0.2, 0) is 36.4 Å². The van der Waals surface area contributed by atoms with Crippen molar-refractivity contribution in [3.05, 3.63) is 71.7 Å². The molecule has 2 fully saturated rings. The second-order valence-electron chi connectivity index (χ2n) is 13.3. The van der Waals surface area contributed by atoms with Crippen LogP contribution in [0.4, 0.5) is 9.18 Å². The second kappa shape index (κ2) is 13.7. The van der Waals surface area contributed by atoms with E-state index >= 15 is 0 Å². The summed E-state index contributed by atoms with van der Waals surface area (Å²) in [5.41, 5.74) is 1.79. The third-order valence-electron chi connectivity index (χ3n) is 8.77. The number of fused-ring (bicyclic) bond motifs is 1. The van der Waals surface area contributed by atoms with Crippen molar-refractivity contribution in [1.82, 2.24) is 17.5 Å². The van der Waals surface area contributed by atoms with Gasteiger partial charge in [0.25, 0.3) is 10.2 Å². The van der Waals surface area contributed by atoms with E-state index in [2.05, 4.69) is 19.6 Å². The number of aliphatic carboxylic acids is 1. The lowest BCUT2D eigenvalue weighted by atomic mass is 9.90. The molecule has 16 heteroatoms. The zero-order valence-electron chi connectivity index (χ0n) is 26.7. The molecule has 5 rings (SSSR count). The Morgan fingerprint density at radius 2 is 1.66 bits per heavy atom. The number of carbonyl (C=O) groups excluding carboxylic acids is 1. The average Bonchev–Trinajstić information content (AvgIpc) is 3.42. The van der Waals surface area contributed by atoms with Gasteiger partial charge in [-0.25, -0.2) is 21.6 Å². The predicted octanol–water partition coefficient (Wildman–Crippen LogP) is 4.13. The van der Waals surface area contributed by atoms with Gasteiger partial charge in [0, 0.05) is 45.8 Å². The van der Waals surface area contributed by atoms with Crippen molar-refractivity contribution in [1.29, 1.82) is 0 Å². The Labute approximate surface area is 275 Å². The maximum atomic E-state index is 14.4. The van der Waals surface area contributed by atoms with Crippen LogP contribution < -0.4 is 0 Å². The monoisotopic (exact) mass is 708 g/mol. The summed E-state index contributed by atoms with van der Waals surface area (Å²) in [5.74, 6) is -2.15. The third-order valence-corrected chi connectivity index (χ3v) is 14.6. The van der Waals surface area contributed by atoms with E-state index < -0.39 is 52.2 Å². The van der Waals surface area contributed by atoms with Gasteiger partial charge in [-0.2, -0.15) is 17.0 Å². The molecule has 0 aliphatic carbocycles. The highest BCUT2D eigenvalue weighted by Gasteiger charge is 2.44. The Morgan fingerprint density at radius 3 is 2.30 bits per heavy atom. The van der Waals surface area contributed by atoms with E-state index in [1.165, 1.54) is 31.4 Å². The molecule has 3 heterocycles. The van der Waals surface area contributed by atoms with Crippen LogP contribution in [0.1, 0.15) is 29.9 Å². The van der Waals surface area contributed by atoms with Crippen LogP contribution in [0, 0.1) is 5.82 Å².